The van der Waals surface area contributed by atoms with Crippen molar-refractivity contribution in [3.8, 4) is 0 Å². The Balaban J connectivity index is 2.59. The van der Waals surface area contributed by atoms with Crippen LogP contribution in [0.25, 0.3) is 5.70 Å². The molecule has 0 N–H and O–H groups in total. The number of nitrogens with zero attached hydrogens (tertiary/aromatic N) is 3. The Hall–Kier alpha value is -1.77. The van der Waals surface area contributed by atoms with Gasteiger partial charge in [-0.25, -0.2) is 4.99 Å². The molecule has 0 spiro atoms. The summed E-state index contributed by atoms with van der Waals surface area (Å²) in [5.41, 5.74) is 4.55. The molecule has 0 aliphatic carbocycles. The molecular formula is C15H21N3. The first-order valence-corrected chi connectivity index (χ1v) is 6.30. The van der Waals surface area contributed by atoms with Gasteiger partial charge in [-0.15, -0.1) is 0 Å². The summed E-state index contributed by atoms with van der Waals surface area (Å²) in [6.45, 7) is 15.3. The summed E-state index contributed by atoms with van der Waals surface area (Å²) < 4.78 is 2.17. The number of aromatic nitrogens is 1. The molecule has 2 rings (SSSR count). The molecule has 1 aliphatic heterocycles. The fraction of sp³-hybridized carbons (Fsp3) is 0.400. The van der Waals surface area contributed by atoms with E-state index in [1.54, 1.807) is 0 Å². The molecule has 3 heteroatoms. The van der Waals surface area contributed by atoms with Crippen LogP contribution in [0.1, 0.15) is 31.4 Å². The summed E-state index contributed by atoms with van der Waals surface area (Å²) in [4.78, 5) is 6.86. The third-order valence-corrected chi connectivity index (χ3v) is 3.31. The molecule has 96 valence electrons. The minimum Gasteiger partial charge on any atom is -0.333 e. The maximum absolute atomic E-state index is 4.77. The highest BCUT2D eigenvalue weighted by Crippen LogP contribution is 2.37. The highest BCUT2D eigenvalue weighted by molar-refractivity contribution is 5.97. The topological polar surface area (TPSA) is 20.5 Å². The van der Waals surface area contributed by atoms with Gasteiger partial charge in [0.1, 0.15) is 11.7 Å². The van der Waals surface area contributed by atoms with Gasteiger partial charge in [0, 0.05) is 37.5 Å². The van der Waals surface area contributed by atoms with Gasteiger partial charge in [-0.3, -0.25) is 0 Å². The number of hydrogen-bond acceptors (Lipinski definition) is 2. The molecular weight excluding hydrogens is 222 g/mol. The number of aryl methyl sites for hydroxylation is 1. The van der Waals surface area contributed by atoms with E-state index in [4.69, 9.17) is 4.99 Å². The zero-order chi connectivity index (χ0) is 13.4. The summed E-state index contributed by atoms with van der Waals surface area (Å²) in [7, 11) is 2.03. The minimum atomic E-state index is 0.813. The Bertz CT molecular complexity index is 546. The predicted octanol–water partition coefficient (Wildman–Crippen LogP) is 3.73. The van der Waals surface area contributed by atoms with Crippen molar-refractivity contribution in [3.05, 3.63) is 36.1 Å². The lowest BCUT2D eigenvalue weighted by Crippen LogP contribution is -2.27. The Morgan fingerprint density at radius 2 is 2.11 bits per heavy atom. The van der Waals surface area contributed by atoms with Gasteiger partial charge in [-0.2, -0.15) is 0 Å². The highest BCUT2D eigenvalue weighted by Gasteiger charge is 2.24. The van der Waals surface area contributed by atoms with Crippen LogP contribution in [0, 0.1) is 6.92 Å². The Morgan fingerprint density at radius 3 is 2.67 bits per heavy atom. The van der Waals surface area contributed by atoms with Crippen LogP contribution in [0.4, 0.5) is 5.82 Å². The number of hydrogen-bond donors (Lipinski definition) is 0. The van der Waals surface area contributed by atoms with Crippen molar-refractivity contribution in [1.82, 2.24) is 9.47 Å². The van der Waals surface area contributed by atoms with Crippen molar-refractivity contribution in [2.75, 3.05) is 7.05 Å². The van der Waals surface area contributed by atoms with E-state index < -0.39 is 0 Å². The van der Waals surface area contributed by atoms with Gasteiger partial charge in [0.25, 0.3) is 0 Å². The number of rotatable bonds is 3. The van der Waals surface area contributed by atoms with E-state index in [0.29, 0.717) is 0 Å². The van der Waals surface area contributed by atoms with Crippen molar-refractivity contribution in [3.63, 3.8) is 0 Å². The second-order valence-electron chi connectivity index (χ2n) is 4.98. The van der Waals surface area contributed by atoms with Gasteiger partial charge in [0.15, 0.2) is 0 Å². The normalized spacial score (nSPS) is 14.6. The Morgan fingerprint density at radius 1 is 1.44 bits per heavy atom. The fourth-order valence-corrected chi connectivity index (χ4v) is 2.40. The first-order chi connectivity index (χ1) is 8.45. The fourth-order valence-electron chi connectivity index (χ4n) is 2.40. The van der Waals surface area contributed by atoms with E-state index in [2.05, 4.69) is 42.7 Å². The van der Waals surface area contributed by atoms with E-state index >= 15 is 0 Å². The lowest BCUT2D eigenvalue weighted by Gasteiger charge is -2.28. The number of fused-ring (bicyclic) bond motifs is 1. The quantitative estimate of drug-likeness (QED) is 0.741. The SMILES string of the molecule is C=C(C)Cn1cc(C)c2c1N=C(CC)N(C)C2=C. The van der Waals surface area contributed by atoms with Gasteiger partial charge >= 0.3 is 0 Å². The lowest BCUT2D eigenvalue weighted by molar-refractivity contribution is 0.684. The zero-order valence-corrected chi connectivity index (χ0v) is 11.7. The van der Waals surface area contributed by atoms with Crippen LogP contribution in [-0.4, -0.2) is 22.4 Å². The first kappa shape index (κ1) is 12.7. The molecule has 0 fully saturated rings. The monoisotopic (exact) mass is 243 g/mol. The van der Waals surface area contributed by atoms with Crippen molar-refractivity contribution in [2.45, 2.75) is 33.7 Å². The number of allylic oxidation sites excluding steroid dienone is 1. The molecule has 0 saturated heterocycles. The highest BCUT2D eigenvalue weighted by atomic mass is 15.2. The zero-order valence-electron chi connectivity index (χ0n) is 11.7. The molecule has 3 nitrogen and oxygen atoms in total. The number of amidine groups is 1. The van der Waals surface area contributed by atoms with Gasteiger partial charge in [0.2, 0.25) is 0 Å². The molecule has 18 heavy (non-hydrogen) atoms. The van der Waals surface area contributed by atoms with Gasteiger partial charge in [-0.1, -0.05) is 25.7 Å². The molecule has 0 aromatic carbocycles. The summed E-state index contributed by atoms with van der Waals surface area (Å²) in [5.74, 6) is 2.09. The standard InChI is InChI=1S/C15H21N3/c1-7-13-16-15-14(12(5)17(13)6)11(4)9-18(15)8-10(2)3/h9H,2,5,7-8H2,1,3-4,6H3. The van der Waals surface area contributed by atoms with Crippen LogP contribution >= 0.6 is 0 Å². The van der Waals surface area contributed by atoms with Crippen LogP contribution < -0.4 is 0 Å². The summed E-state index contributed by atoms with van der Waals surface area (Å²) in [6.07, 6.45) is 3.05. The van der Waals surface area contributed by atoms with Gasteiger partial charge in [0.05, 0.1) is 0 Å². The van der Waals surface area contributed by atoms with E-state index in [1.165, 1.54) is 5.56 Å². The second-order valence-corrected chi connectivity index (χ2v) is 4.98. The van der Waals surface area contributed by atoms with Crippen molar-refractivity contribution < 1.29 is 0 Å². The van der Waals surface area contributed by atoms with E-state index in [1.807, 2.05) is 14.0 Å². The maximum Gasteiger partial charge on any atom is 0.144 e. The average Bonchev–Trinajstić information content (AvgIpc) is 2.59. The summed E-state index contributed by atoms with van der Waals surface area (Å²) in [6, 6.07) is 0. The Kier molecular flexibility index (Phi) is 3.16. The van der Waals surface area contributed by atoms with Crippen LogP contribution in [0.3, 0.4) is 0 Å². The van der Waals surface area contributed by atoms with Crippen molar-refractivity contribution >= 4 is 17.4 Å². The molecule has 1 aromatic rings. The molecule has 0 unspecified atom stereocenters. The van der Waals surface area contributed by atoms with Crippen LogP contribution in [-0.2, 0) is 6.54 Å². The third kappa shape index (κ3) is 1.90. The Labute approximate surface area is 109 Å². The second kappa shape index (κ2) is 4.48. The maximum atomic E-state index is 4.77. The van der Waals surface area contributed by atoms with E-state index in [0.717, 1.165) is 41.5 Å². The van der Waals surface area contributed by atoms with E-state index in [9.17, 15) is 0 Å². The van der Waals surface area contributed by atoms with Crippen molar-refractivity contribution in [2.24, 2.45) is 4.99 Å². The molecule has 0 saturated carbocycles. The van der Waals surface area contributed by atoms with E-state index in [-0.39, 0.29) is 0 Å². The summed E-state index contributed by atoms with van der Waals surface area (Å²) >= 11 is 0. The summed E-state index contributed by atoms with van der Waals surface area (Å²) in [5, 5.41) is 0. The first-order valence-electron chi connectivity index (χ1n) is 6.30. The smallest absolute Gasteiger partial charge is 0.144 e. The average molecular weight is 243 g/mol. The third-order valence-electron chi connectivity index (χ3n) is 3.31. The molecule has 0 radical (unpaired) electrons. The largest absolute Gasteiger partial charge is 0.333 e. The predicted molar refractivity (Wildman–Crippen MR) is 78.2 cm³/mol. The molecule has 0 atom stereocenters. The molecule has 0 amide bonds. The van der Waals surface area contributed by atoms with Crippen LogP contribution in [0.2, 0.25) is 0 Å². The molecule has 1 aliphatic rings. The molecule has 0 bridgehead atoms. The van der Waals surface area contributed by atoms with Crippen molar-refractivity contribution in [1.29, 1.82) is 0 Å². The molecule has 1 aromatic heterocycles. The number of aliphatic imine (C=N–C) groups is 1. The van der Waals surface area contributed by atoms with Crippen LogP contribution in [0.15, 0.2) is 29.9 Å². The lowest BCUT2D eigenvalue weighted by atomic mass is 10.1. The van der Waals surface area contributed by atoms with Crippen LogP contribution in [0.5, 0.6) is 0 Å². The molecule has 2 heterocycles. The van der Waals surface area contributed by atoms with Gasteiger partial charge in [-0.05, 0) is 19.4 Å². The van der Waals surface area contributed by atoms with Gasteiger partial charge < -0.3 is 9.47 Å². The minimum absolute atomic E-state index is 0.813.